The SMILES string of the molecule is C1CC2CCC3CCC4CCC1[N+]243. The molecule has 0 aliphatic carbocycles. The van der Waals surface area contributed by atoms with Crippen LogP contribution in [0.2, 0.25) is 0 Å². The van der Waals surface area contributed by atoms with Crippen molar-refractivity contribution < 1.29 is 4.48 Å². The van der Waals surface area contributed by atoms with Crippen molar-refractivity contribution in [2.45, 2.75) is 75.5 Å². The van der Waals surface area contributed by atoms with Crippen LogP contribution in [0.5, 0.6) is 0 Å². The Hall–Kier alpha value is -0.0400. The summed E-state index contributed by atoms with van der Waals surface area (Å²) in [5.41, 5.74) is 0. The van der Waals surface area contributed by atoms with Gasteiger partial charge in [-0.3, -0.25) is 0 Å². The van der Waals surface area contributed by atoms with Crippen molar-refractivity contribution in [3.8, 4) is 0 Å². The molecule has 72 valence electrons. The van der Waals surface area contributed by atoms with E-state index < -0.39 is 0 Å². The quantitative estimate of drug-likeness (QED) is 0.500. The van der Waals surface area contributed by atoms with Crippen molar-refractivity contribution in [2.24, 2.45) is 0 Å². The van der Waals surface area contributed by atoms with Crippen molar-refractivity contribution in [2.75, 3.05) is 0 Å². The molecule has 1 heteroatoms. The number of hydrogen-bond donors (Lipinski definition) is 0. The first-order valence-corrected chi connectivity index (χ1v) is 6.30. The number of rotatable bonds is 0. The molecular weight excluding hydrogens is 158 g/mol. The number of hydrogen-bond acceptors (Lipinski definition) is 0. The van der Waals surface area contributed by atoms with Crippen LogP contribution in [0.3, 0.4) is 0 Å². The van der Waals surface area contributed by atoms with Crippen molar-refractivity contribution in [3.63, 3.8) is 0 Å². The molecule has 4 aliphatic rings. The predicted octanol–water partition coefficient (Wildman–Crippen LogP) is 2.45. The van der Waals surface area contributed by atoms with Gasteiger partial charge in [-0.25, -0.2) is 0 Å². The van der Waals surface area contributed by atoms with Gasteiger partial charge in [-0.2, -0.15) is 0 Å². The van der Waals surface area contributed by atoms with E-state index in [1.165, 1.54) is 0 Å². The maximum Gasteiger partial charge on any atom is 0.0901 e. The highest BCUT2D eigenvalue weighted by atomic mass is 15.5. The highest BCUT2D eigenvalue weighted by Crippen LogP contribution is 2.58. The van der Waals surface area contributed by atoms with Gasteiger partial charge in [-0.1, -0.05) is 0 Å². The zero-order valence-corrected chi connectivity index (χ0v) is 8.41. The minimum atomic E-state index is 1.13. The van der Waals surface area contributed by atoms with Crippen LogP contribution in [0.1, 0.15) is 51.4 Å². The lowest BCUT2D eigenvalue weighted by Crippen LogP contribution is -2.55. The summed E-state index contributed by atoms with van der Waals surface area (Å²) in [5.74, 6) is 0. The van der Waals surface area contributed by atoms with Crippen LogP contribution in [-0.4, -0.2) is 28.7 Å². The Labute approximate surface area is 80.7 Å². The van der Waals surface area contributed by atoms with Gasteiger partial charge in [0.1, 0.15) is 0 Å². The van der Waals surface area contributed by atoms with Gasteiger partial charge in [0.2, 0.25) is 0 Å². The standard InChI is InChI=1S/C12H20N/c1-2-10-5-6-12-8-7-11-4-3-9(1)13(10,11)12/h9-12H,1-8H2/q+1. The van der Waals surface area contributed by atoms with E-state index in [9.17, 15) is 0 Å². The lowest BCUT2D eigenvalue weighted by molar-refractivity contribution is -0.968. The van der Waals surface area contributed by atoms with E-state index in [1.54, 1.807) is 55.8 Å². The lowest BCUT2D eigenvalue weighted by Gasteiger charge is -2.41. The maximum absolute atomic E-state index is 1.67. The fourth-order valence-electron chi connectivity index (χ4n) is 5.69. The van der Waals surface area contributed by atoms with E-state index in [1.807, 2.05) is 0 Å². The summed E-state index contributed by atoms with van der Waals surface area (Å²) < 4.78 is 1.67. The Balaban J connectivity index is 1.88. The molecule has 0 unspecified atom stereocenters. The van der Waals surface area contributed by atoms with E-state index in [0.717, 1.165) is 24.2 Å². The fraction of sp³-hybridized carbons (Fsp3) is 1.00. The molecule has 4 aliphatic heterocycles. The van der Waals surface area contributed by atoms with Crippen LogP contribution < -0.4 is 0 Å². The highest BCUT2D eigenvalue weighted by molar-refractivity contribution is 4.97. The first-order valence-electron chi connectivity index (χ1n) is 6.30. The molecule has 0 aromatic carbocycles. The molecule has 1 spiro atoms. The van der Waals surface area contributed by atoms with Crippen molar-refractivity contribution in [3.05, 3.63) is 0 Å². The summed E-state index contributed by atoms with van der Waals surface area (Å²) in [6.45, 7) is 0. The van der Waals surface area contributed by atoms with Crippen LogP contribution >= 0.6 is 0 Å². The van der Waals surface area contributed by atoms with E-state index in [4.69, 9.17) is 0 Å². The molecule has 0 aromatic rings. The molecular formula is C12H20N+. The molecule has 4 rings (SSSR count). The Kier molecular flexibility index (Phi) is 1.19. The van der Waals surface area contributed by atoms with Gasteiger partial charge in [0, 0.05) is 51.4 Å². The number of nitrogens with zero attached hydrogens (tertiary/aromatic N) is 1. The van der Waals surface area contributed by atoms with Crippen molar-refractivity contribution in [1.29, 1.82) is 0 Å². The Morgan fingerprint density at radius 2 is 0.692 bits per heavy atom. The molecule has 4 saturated heterocycles. The third-order valence-electron chi connectivity index (χ3n) is 5.86. The summed E-state index contributed by atoms with van der Waals surface area (Å²) in [6, 6.07) is 4.52. The molecule has 0 saturated carbocycles. The first-order chi connectivity index (χ1) is 6.42. The molecule has 4 heterocycles. The van der Waals surface area contributed by atoms with Gasteiger partial charge < -0.3 is 4.48 Å². The molecule has 4 fully saturated rings. The fourth-order valence-corrected chi connectivity index (χ4v) is 5.69. The van der Waals surface area contributed by atoms with Crippen LogP contribution in [-0.2, 0) is 0 Å². The molecule has 0 amide bonds. The maximum atomic E-state index is 1.67. The highest BCUT2D eigenvalue weighted by Gasteiger charge is 2.66. The normalized spacial score (nSPS) is 62.8. The summed E-state index contributed by atoms with van der Waals surface area (Å²) in [5, 5.41) is 0. The van der Waals surface area contributed by atoms with E-state index in [2.05, 4.69) is 0 Å². The Bertz CT molecular complexity index is 178. The summed E-state index contributed by atoms with van der Waals surface area (Å²) in [4.78, 5) is 0. The molecule has 0 N–H and O–H groups in total. The van der Waals surface area contributed by atoms with E-state index in [0.29, 0.717) is 0 Å². The second kappa shape index (κ2) is 2.13. The summed E-state index contributed by atoms with van der Waals surface area (Å²) >= 11 is 0. The van der Waals surface area contributed by atoms with Crippen molar-refractivity contribution >= 4 is 0 Å². The molecule has 0 bridgehead atoms. The van der Waals surface area contributed by atoms with Gasteiger partial charge in [0.05, 0.1) is 24.2 Å². The molecule has 1 nitrogen and oxygen atoms in total. The smallest absolute Gasteiger partial charge is 0.0901 e. The van der Waals surface area contributed by atoms with E-state index in [-0.39, 0.29) is 0 Å². The predicted molar refractivity (Wildman–Crippen MR) is 52.3 cm³/mol. The topological polar surface area (TPSA) is 0 Å². The Morgan fingerprint density at radius 3 is 0.923 bits per heavy atom. The van der Waals surface area contributed by atoms with Gasteiger partial charge in [-0.05, 0) is 0 Å². The summed E-state index contributed by atoms with van der Waals surface area (Å²) in [7, 11) is 0. The first kappa shape index (κ1) is 7.28. The van der Waals surface area contributed by atoms with Gasteiger partial charge in [0.25, 0.3) is 0 Å². The second-order valence-electron chi connectivity index (χ2n) is 5.82. The minimum Gasteiger partial charge on any atom is -0.314 e. The van der Waals surface area contributed by atoms with Crippen LogP contribution in [0.4, 0.5) is 0 Å². The van der Waals surface area contributed by atoms with Crippen LogP contribution in [0, 0.1) is 0 Å². The third-order valence-corrected chi connectivity index (χ3v) is 5.86. The van der Waals surface area contributed by atoms with E-state index >= 15 is 0 Å². The monoisotopic (exact) mass is 178 g/mol. The zero-order chi connectivity index (χ0) is 8.47. The Morgan fingerprint density at radius 1 is 0.462 bits per heavy atom. The van der Waals surface area contributed by atoms with Gasteiger partial charge in [0.15, 0.2) is 0 Å². The largest absolute Gasteiger partial charge is 0.314 e. The lowest BCUT2D eigenvalue weighted by atomic mass is 10.0. The van der Waals surface area contributed by atoms with Gasteiger partial charge >= 0.3 is 0 Å². The minimum absolute atomic E-state index is 1.13. The average Bonchev–Trinajstić information content (AvgIpc) is 2.68. The van der Waals surface area contributed by atoms with Crippen LogP contribution in [0.15, 0.2) is 0 Å². The van der Waals surface area contributed by atoms with Crippen LogP contribution in [0.25, 0.3) is 0 Å². The number of quaternary nitrogens is 1. The third kappa shape index (κ3) is 0.614. The average molecular weight is 178 g/mol. The summed E-state index contributed by atoms with van der Waals surface area (Å²) in [6.07, 6.45) is 12.6. The van der Waals surface area contributed by atoms with Gasteiger partial charge in [-0.15, -0.1) is 0 Å². The molecule has 0 atom stereocenters. The molecule has 0 radical (unpaired) electrons. The molecule has 13 heavy (non-hydrogen) atoms. The zero-order valence-electron chi connectivity index (χ0n) is 8.41. The second-order valence-corrected chi connectivity index (χ2v) is 5.82. The molecule has 0 aromatic heterocycles. The van der Waals surface area contributed by atoms with Crippen molar-refractivity contribution in [1.82, 2.24) is 0 Å².